The lowest BCUT2D eigenvalue weighted by Gasteiger charge is -2.15. The lowest BCUT2D eigenvalue weighted by atomic mass is 10.00. The number of aromatic nitrogens is 3. The van der Waals surface area contributed by atoms with Crippen LogP contribution in [-0.2, 0) is 4.79 Å². The van der Waals surface area contributed by atoms with Gasteiger partial charge >= 0.3 is 0 Å². The van der Waals surface area contributed by atoms with Gasteiger partial charge in [-0.25, -0.2) is 0 Å². The minimum atomic E-state index is -0.273. The minimum Gasteiger partial charge on any atom is -0.313 e. The Bertz CT molecular complexity index is 788. The smallest absolute Gasteiger partial charge is 0.232 e. The first-order chi connectivity index (χ1) is 12.2. The summed E-state index contributed by atoms with van der Waals surface area (Å²) < 4.78 is 0. The van der Waals surface area contributed by atoms with Crippen molar-refractivity contribution in [1.82, 2.24) is 20.5 Å². The molecule has 0 saturated heterocycles. The second-order valence-electron chi connectivity index (χ2n) is 6.85. The predicted molar refractivity (Wildman–Crippen MR) is 97.3 cm³/mol. The number of carbonyl (C=O) groups excluding carboxylic acids is 1. The molecule has 6 heteroatoms. The van der Waals surface area contributed by atoms with Gasteiger partial charge in [0.1, 0.15) is 0 Å². The van der Waals surface area contributed by atoms with Gasteiger partial charge in [-0.3, -0.25) is 14.9 Å². The van der Waals surface area contributed by atoms with Crippen LogP contribution in [0.15, 0.2) is 30.5 Å². The van der Waals surface area contributed by atoms with Crippen molar-refractivity contribution in [3.63, 3.8) is 0 Å². The number of anilines is 1. The van der Waals surface area contributed by atoms with E-state index in [1.807, 2.05) is 31.3 Å². The summed E-state index contributed by atoms with van der Waals surface area (Å²) in [5.41, 5.74) is 4.30. The van der Waals surface area contributed by atoms with Crippen molar-refractivity contribution in [2.45, 2.75) is 38.0 Å². The number of nitrogens with one attached hydrogen (secondary N) is 3. The van der Waals surface area contributed by atoms with Crippen LogP contribution in [-0.4, -0.2) is 34.2 Å². The van der Waals surface area contributed by atoms with E-state index >= 15 is 0 Å². The Morgan fingerprint density at radius 2 is 2.24 bits per heavy atom. The van der Waals surface area contributed by atoms with Crippen molar-refractivity contribution in [2.75, 3.05) is 18.4 Å². The molecule has 2 aliphatic rings. The molecule has 130 valence electrons. The molecule has 6 nitrogen and oxygen atoms in total. The van der Waals surface area contributed by atoms with E-state index < -0.39 is 0 Å². The van der Waals surface area contributed by atoms with Crippen LogP contribution in [0.5, 0.6) is 0 Å². The molecule has 1 aliphatic carbocycles. The minimum absolute atomic E-state index is 0.0653. The summed E-state index contributed by atoms with van der Waals surface area (Å²) in [5.74, 6) is 0.855. The average molecular weight is 337 g/mol. The van der Waals surface area contributed by atoms with E-state index in [9.17, 15) is 4.79 Å². The first-order valence-corrected chi connectivity index (χ1v) is 8.93. The average Bonchev–Trinajstić information content (AvgIpc) is 3.41. The van der Waals surface area contributed by atoms with E-state index in [1.54, 1.807) is 0 Å². The summed E-state index contributed by atoms with van der Waals surface area (Å²) in [7, 11) is 0. The maximum Gasteiger partial charge on any atom is 0.232 e. The van der Waals surface area contributed by atoms with E-state index in [4.69, 9.17) is 0 Å². The van der Waals surface area contributed by atoms with Gasteiger partial charge < -0.3 is 10.6 Å². The van der Waals surface area contributed by atoms with Crippen LogP contribution in [0.1, 0.15) is 55.0 Å². The van der Waals surface area contributed by atoms with E-state index in [1.165, 1.54) is 18.4 Å². The van der Waals surface area contributed by atoms with Gasteiger partial charge in [0.2, 0.25) is 5.91 Å². The van der Waals surface area contributed by atoms with Gasteiger partial charge in [0.05, 0.1) is 11.6 Å². The molecule has 1 aliphatic heterocycles. The summed E-state index contributed by atoms with van der Waals surface area (Å²) in [5, 5.41) is 13.4. The molecule has 0 aromatic carbocycles. The maximum absolute atomic E-state index is 12.5. The molecule has 3 heterocycles. The highest BCUT2D eigenvalue weighted by Gasteiger charge is 2.26. The van der Waals surface area contributed by atoms with Gasteiger partial charge in [0.25, 0.3) is 0 Å². The van der Waals surface area contributed by atoms with Crippen LogP contribution in [0, 0.1) is 0 Å². The summed E-state index contributed by atoms with van der Waals surface area (Å²) in [4.78, 5) is 17.0. The zero-order chi connectivity index (χ0) is 17.2. The van der Waals surface area contributed by atoms with Gasteiger partial charge in [-0.15, -0.1) is 0 Å². The third-order valence-electron chi connectivity index (χ3n) is 4.94. The summed E-state index contributed by atoms with van der Waals surface area (Å²) in [6, 6.07) is 5.94. The van der Waals surface area contributed by atoms with Gasteiger partial charge in [0.15, 0.2) is 5.82 Å². The number of hydrogen-bond donors (Lipinski definition) is 3. The Hall–Kier alpha value is -2.47. The monoisotopic (exact) mass is 337 g/mol. The fourth-order valence-corrected chi connectivity index (χ4v) is 3.10. The first kappa shape index (κ1) is 16.0. The molecule has 1 amide bonds. The van der Waals surface area contributed by atoms with Gasteiger partial charge in [0, 0.05) is 30.4 Å². The van der Waals surface area contributed by atoms with E-state index in [0.717, 1.165) is 36.5 Å². The molecule has 4 rings (SSSR count). The Balaban J connectivity index is 1.41. The largest absolute Gasteiger partial charge is 0.313 e. The molecule has 0 radical (unpaired) electrons. The van der Waals surface area contributed by atoms with Crippen LogP contribution in [0.3, 0.4) is 0 Å². The molecule has 0 unspecified atom stereocenters. The highest BCUT2D eigenvalue weighted by molar-refractivity contribution is 5.94. The van der Waals surface area contributed by atoms with Crippen molar-refractivity contribution in [1.29, 1.82) is 0 Å². The topological polar surface area (TPSA) is 82.7 Å². The number of rotatable bonds is 5. The fraction of sp³-hybridized carbons (Fsp3) is 0.421. The van der Waals surface area contributed by atoms with E-state index in [0.29, 0.717) is 11.7 Å². The fourth-order valence-electron chi connectivity index (χ4n) is 3.10. The number of pyridine rings is 1. The lowest BCUT2D eigenvalue weighted by molar-refractivity contribution is -0.117. The Morgan fingerprint density at radius 1 is 1.36 bits per heavy atom. The van der Waals surface area contributed by atoms with Crippen LogP contribution in [0.2, 0.25) is 0 Å². The molecule has 0 spiro atoms. The molecular formula is C19H23N5O. The number of hydrogen-bond acceptors (Lipinski definition) is 4. The second kappa shape index (κ2) is 6.80. The predicted octanol–water partition coefficient (Wildman–Crippen LogP) is 2.80. The van der Waals surface area contributed by atoms with Crippen molar-refractivity contribution in [3.05, 3.63) is 47.4 Å². The molecule has 3 N–H and O–H groups in total. The molecule has 1 saturated carbocycles. The third kappa shape index (κ3) is 3.64. The molecule has 1 fully saturated rings. The number of carbonyl (C=O) groups is 1. The SMILES string of the molecule is C[C@@H](C(=O)Nc1cc(C2CC2)[nH]n1)c1ccc(C2=CCNCC2)nc1. The molecule has 1 atom stereocenters. The summed E-state index contributed by atoms with van der Waals surface area (Å²) >= 11 is 0. The summed E-state index contributed by atoms with van der Waals surface area (Å²) in [6.07, 6.45) is 7.39. The zero-order valence-corrected chi connectivity index (χ0v) is 14.4. The van der Waals surface area contributed by atoms with Crippen molar-refractivity contribution in [2.24, 2.45) is 0 Å². The Labute approximate surface area is 147 Å². The second-order valence-corrected chi connectivity index (χ2v) is 6.85. The van der Waals surface area contributed by atoms with Crippen LogP contribution < -0.4 is 10.6 Å². The van der Waals surface area contributed by atoms with Crippen LogP contribution in [0.25, 0.3) is 5.57 Å². The van der Waals surface area contributed by atoms with Crippen molar-refractivity contribution < 1.29 is 4.79 Å². The molecular weight excluding hydrogens is 314 g/mol. The highest BCUT2D eigenvalue weighted by Crippen LogP contribution is 2.39. The Morgan fingerprint density at radius 3 is 2.92 bits per heavy atom. The standard InChI is InChI=1S/C19H23N5O/c1-12(19(25)22-18-10-17(23-24-18)13-2-3-13)15-4-5-16(21-11-15)14-6-8-20-9-7-14/h4-6,10-13,20H,2-3,7-9H2,1H3,(H2,22,23,24,25)/t12-/m1/s1. The zero-order valence-electron chi connectivity index (χ0n) is 14.4. The molecule has 2 aromatic rings. The Kier molecular flexibility index (Phi) is 4.36. The molecule has 25 heavy (non-hydrogen) atoms. The third-order valence-corrected chi connectivity index (χ3v) is 4.94. The maximum atomic E-state index is 12.5. The van der Waals surface area contributed by atoms with Crippen LogP contribution in [0.4, 0.5) is 5.82 Å². The number of nitrogens with zero attached hydrogens (tertiary/aromatic N) is 2. The number of amides is 1. The molecule has 0 bridgehead atoms. The highest BCUT2D eigenvalue weighted by atomic mass is 16.1. The molecule has 2 aromatic heterocycles. The van der Waals surface area contributed by atoms with Gasteiger partial charge in [-0.2, -0.15) is 5.10 Å². The quantitative estimate of drug-likeness (QED) is 0.783. The normalized spacial score (nSPS) is 18.5. The number of H-pyrrole nitrogens is 1. The number of aromatic amines is 1. The van der Waals surface area contributed by atoms with Gasteiger partial charge in [-0.05, 0) is 49.9 Å². The van der Waals surface area contributed by atoms with Crippen molar-refractivity contribution >= 4 is 17.3 Å². The summed E-state index contributed by atoms with van der Waals surface area (Å²) in [6.45, 7) is 3.77. The van der Waals surface area contributed by atoms with Crippen molar-refractivity contribution in [3.8, 4) is 0 Å². The van der Waals surface area contributed by atoms with E-state index in [-0.39, 0.29) is 11.8 Å². The lowest BCUT2D eigenvalue weighted by Crippen LogP contribution is -2.20. The van der Waals surface area contributed by atoms with Crippen LogP contribution >= 0.6 is 0 Å². The first-order valence-electron chi connectivity index (χ1n) is 8.93. The van der Waals surface area contributed by atoms with Gasteiger partial charge in [-0.1, -0.05) is 12.1 Å². The van der Waals surface area contributed by atoms with E-state index in [2.05, 4.69) is 31.9 Å².